The number of nitrogens with zero attached hydrogens (tertiary/aromatic N) is 2. The fourth-order valence-electron chi connectivity index (χ4n) is 2.09. The maximum atomic E-state index is 6.22. The van der Waals surface area contributed by atoms with E-state index in [1.54, 1.807) is 0 Å². The summed E-state index contributed by atoms with van der Waals surface area (Å²) in [5.41, 5.74) is 4.90. The largest absolute Gasteiger partial charge is 0.236 e. The van der Waals surface area contributed by atoms with Gasteiger partial charge < -0.3 is 0 Å². The van der Waals surface area contributed by atoms with E-state index < -0.39 is 0 Å². The molecule has 0 aliphatic carbocycles. The lowest BCUT2D eigenvalue weighted by molar-refractivity contribution is 0.832. The zero-order valence-electron chi connectivity index (χ0n) is 12.0. The van der Waals surface area contributed by atoms with E-state index in [0.717, 1.165) is 34.4 Å². The van der Waals surface area contributed by atoms with Gasteiger partial charge in [-0.1, -0.05) is 43.1 Å². The molecule has 0 amide bonds. The lowest BCUT2D eigenvalue weighted by atomic mass is 10.0. The summed E-state index contributed by atoms with van der Waals surface area (Å²) in [5.74, 6) is 0.808. The van der Waals surface area contributed by atoms with E-state index >= 15 is 0 Å². The van der Waals surface area contributed by atoms with Crippen molar-refractivity contribution in [3.63, 3.8) is 0 Å². The van der Waals surface area contributed by atoms with Crippen LogP contribution in [0.2, 0.25) is 5.15 Å². The van der Waals surface area contributed by atoms with E-state index in [-0.39, 0.29) is 0 Å². The Hall–Kier alpha value is -0.680. The van der Waals surface area contributed by atoms with Crippen LogP contribution in [0.5, 0.6) is 0 Å². The molecule has 0 saturated heterocycles. The van der Waals surface area contributed by atoms with Crippen LogP contribution in [0.3, 0.4) is 0 Å². The highest BCUT2D eigenvalue weighted by Gasteiger charge is 2.10. The minimum Gasteiger partial charge on any atom is -0.236 e. The van der Waals surface area contributed by atoms with Gasteiger partial charge in [0.1, 0.15) is 11.0 Å². The number of hydrogen-bond acceptors (Lipinski definition) is 2. The van der Waals surface area contributed by atoms with Gasteiger partial charge in [0, 0.05) is 6.42 Å². The zero-order valence-corrected chi connectivity index (χ0v) is 14.9. The van der Waals surface area contributed by atoms with Gasteiger partial charge in [0.15, 0.2) is 0 Å². The van der Waals surface area contributed by atoms with Crippen molar-refractivity contribution in [3.8, 4) is 0 Å². The molecule has 0 aliphatic rings. The number of benzene rings is 1. The number of aromatic nitrogens is 2. The summed E-state index contributed by atoms with van der Waals surface area (Å²) in [7, 11) is 0. The second-order valence-corrected chi connectivity index (χ2v) is 6.47. The van der Waals surface area contributed by atoms with Gasteiger partial charge in [0.2, 0.25) is 0 Å². The van der Waals surface area contributed by atoms with E-state index in [0.29, 0.717) is 5.15 Å². The number of aryl methyl sites for hydroxylation is 3. The minimum atomic E-state index is 0.572. The molecule has 0 bridgehead atoms. The molecule has 0 saturated carbocycles. The summed E-state index contributed by atoms with van der Waals surface area (Å²) in [4.78, 5) is 9.08. The number of rotatable bonds is 4. The van der Waals surface area contributed by atoms with Crippen LogP contribution < -0.4 is 0 Å². The fourth-order valence-corrected chi connectivity index (χ4v) is 2.81. The summed E-state index contributed by atoms with van der Waals surface area (Å²) in [6, 6.07) is 6.48. The molecule has 1 aromatic carbocycles. The van der Waals surface area contributed by atoms with Crippen LogP contribution in [0.25, 0.3) is 0 Å². The third-order valence-electron chi connectivity index (χ3n) is 3.35. The minimum absolute atomic E-state index is 0.572. The third kappa shape index (κ3) is 3.70. The molecule has 0 unspecified atom stereocenters. The highest BCUT2D eigenvalue weighted by Crippen LogP contribution is 2.21. The highest BCUT2D eigenvalue weighted by atomic mass is 127. The van der Waals surface area contributed by atoms with Crippen molar-refractivity contribution in [2.24, 2.45) is 0 Å². The van der Waals surface area contributed by atoms with Gasteiger partial charge in [-0.3, -0.25) is 0 Å². The maximum Gasteiger partial charge on any atom is 0.146 e. The van der Waals surface area contributed by atoms with Gasteiger partial charge in [-0.05, 0) is 59.5 Å². The van der Waals surface area contributed by atoms with E-state index in [1.807, 2.05) is 0 Å². The average Bonchev–Trinajstić information content (AvgIpc) is 2.40. The SMILES string of the molecule is CCCc1nc(Cc2ccc(C)c(C)c2)nc(Cl)c1I. The molecule has 0 radical (unpaired) electrons. The van der Waals surface area contributed by atoms with Crippen LogP contribution in [0.1, 0.15) is 41.6 Å². The Bertz CT molecular complexity index is 626. The summed E-state index contributed by atoms with van der Waals surface area (Å²) < 4.78 is 0.981. The molecule has 0 spiro atoms. The molecule has 20 heavy (non-hydrogen) atoms. The summed E-state index contributed by atoms with van der Waals surface area (Å²) in [6.45, 7) is 6.40. The first-order chi connectivity index (χ1) is 9.51. The first-order valence-corrected chi connectivity index (χ1v) is 8.23. The van der Waals surface area contributed by atoms with Crippen molar-refractivity contribution in [2.75, 3.05) is 0 Å². The average molecular weight is 401 g/mol. The molecule has 1 heterocycles. The Labute approximate surface area is 139 Å². The van der Waals surface area contributed by atoms with E-state index in [9.17, 15) is 0 Å². The van der Waals surface area contributed by atoms with Gasteiger partial charge in [-0.15, -0.1) is 0 Å². The van der Waals surface area contributed by atoms with Gasteiger partial charge in [-0.25, -0.2) is 9.97 Å². The fraction of sp³-hybridized carbons (Fsp3) is 0.375. The second kappa shape index (κ2) is 6.85. The Balaban J connectivity index is 2.31. The Morgan fingerprint density at radius 3 is 2.55 bits per heavy atom. The quantitative estimate of drug-likeness (QED) is 0.539. The molecular formula is C16H18ClIN2. The smallest absolute Gasteiger partial charge is 0.146 e. The number of halogens is 2. The van der Waals surface area contributed by atoms with Gasteiger partial charge >= 0.3 is 0 Å². The normalized spacial score (nSPS) is 10.8. The Morgan fingerprint density at radius 1 is 1.15 bits per heavy atom. The molecule has 1 aromatic heterocycles. The predicted octanol–water partition coefficient (Wildman–Crippen LogP) is 4.89. The molecule has 4 heteroatoms. The van der Waals surface area contributed by atoms with Crippen LogP contribution in [0.4, 0.5) is 0 Å². The molecule has 0 aliphatic heterocycles. The molecule has 2 nitrogen and oxygen atoms in total. The van der Waals surface area contributed by atoms with Crippen molar-refractivity contribution in [3.05, 3.63) is 55.1 Å². The van der Waals surface area contributed by atoms with Gasteiger partial charge in [0.25, 0.3) is 0 Å². The van der Waals surface area contributed by atoms with Crippen molar-refractivity contribution >= 4 is 34.2 Å². The summed E-state index contributed by atoms with van der Waals surface area (Å²) >= 11 is 8.45. The van der Waals surface area contributed by atoms with Crippen LogP contribution >= 0.6 is 34.2 Å². The van der Waals surface area contributed by atoms with Crippen LogP contribution in [0.15, 0.2) is 18.2 Å². The second-order valence-electron chi connectivity index (χ2n) is 5.04. The maximum absolute atomic E-state index is 6.22. The predicted molar refractivity (Wildman–Crippen MR) is 92.5 cm³/mol. The van der Waals surface area contributed by atoms with E-state index in [2.05, 4.69) is 71.5 Å². The first-order valence-electron chi connectivity index (χ1n) is 6.78. The summed E-state index contributed by atoms with van der Waals surface area (Å²) in [6.07, 6.45) is 2.74. The lowest BCUT2D eigenvalue weighted by Gasteiger charge is -2.09. The van der Waals surface area contributed by atoms with Gasteiger partial charge in [0.05, 0.1) is 9.26 Å². The monoisotopic (exact) mass is 400 g/mol. The molecule has 0 N–H and O–H groups in total. The molecule has 106 valence electrons. The third-order valence-corrected chi connectivity index (χ3v) is 5.07. The van der Waals surface area contributed by atoms with Crippen molar-refractivity contribution in [1.82, 2.24) is 9.97 Å². The first kappa shape index (κ1) is 15.7. The van der Waals surface area contributed by atoms with Gasteiger partial charge in [-0.2, -0.15) is 0 Å². The standard InChI is InChI=1S/C16H18ClIN2/c1-4-5-13-15(18)16(17)20-14(19-13)9-12-7-6-10(2)11(3)8-12/h6-8H,4-5,9H2,1-3H3. The molecule has 2 aromatic rings. The summed E-state index contributed by atoms with van der Waals surface area (Å²) in [5, 5.41) is 0.572. The van der Waals surface area contributed by atoms with Crippen LogP contribution in [-0.2, 0) is 12.8 Å². The van der Waals surface area contributed by atoms with E-state index in [1.165, 1.54) is 16.7 Å². The van der Waals surface area contributed by atoms with Crippen molar-refractivity contribution in [2.45, 2.75) is 40.0 Å². The van der Waals surface area contributed by atoms with Crippen molar-refractivity contribution < 1.29 is 0 Å². The topological polar surface area (TPSA) is 25.8 Å². The Kier molecular flexibility index (Phi) is 5.38. The molecular weight excluding hydrogens is 383 g/mol. The number of hydrogen-bond donors (Lipinski definition) is 0. The zero-order chi connectivity index (χ0) is 14.7. The molecule has 2 rings (SSSR count). The molecule has 0 fully saturated rings. The molecule has 0 atom stereocenters. The Morgan fingerprint density at radius 2 is 1.90 bits per heavy atom. The van der Waals surface area contributed by atoms with Crippen molar-refractivity contribution in [1.29, 1.82) is 0 Å². The highest BCUT2D eigenvalue weighted by molar-refractivity contribution is 14.1. The van der Waals surface area contributed by atoms with Crippen LogP contribution in [0, 0.1) is 17.4 Å². The van der Waals surface area contributed by atoms with E-state index in [4.69, 9.17) is 11.6 Å². The van der Waals surface area contributed by atoms with Crippen LogP contribution in [-0.4, -0.2) is 9.97 Å². The lowest BCUT2D eigenvalue weighted by Crippen LogP contribution is -2.04.